The molecule has 8 nitrogen and oxygen atoms in total. The fourth-order valence-corrected chi connectivity index (χ4v) is 2.43. The van der Waals surface area contributed by atoms with Crippen LogP contribution in [-0.4, -0.2) is 21.9 Å². The Labute approximate surface area is 154 Å². The summed E-state index contributed by atoms with van der Waals surface area (Å²) in [6.45, 7) is 2.93. The van der Waals surface area contributed by atoms with Gasteiger partial charge in [0.05, 0.1) is 4.92 Å². The lowest BCUT2D eigenvalue weighted by Crippen LogP contribution is -2.32. The van der Waals surface area contributed by atoms with Crippen LogP contribution in [0.5, 0.6) is 0 Å². The van der Waals surface area contributed by atoms with Gasteiger partial charge in [-0.1, -0.05) is 0 Å². The summed E-state index contributed by atoms with van der Waals surface area (Å²) >= 11 is 4.96. The lowest BCUT2D eigenvalue weighted by atomic mass is 10.1. The number of benzene rings is 2. The average molecular weight is 372 g/mol. The van der Waals surface area contributed by atoms with Crippen molar-refractivity contribution in [1.29, 1.82) is 0 Å². The summed E-state index contributed by atoms with van der Waals surface area (Å²) in [5.41, 5.74) is 1.89. The number of hydrogen-bond acceptors (Lipinski definition) is 5. The Morgan fingerprint density at radius 2 is 1.62 bits per heavy atom. The van der Waals surface area contributed by atoms with Gasteiger partial charge in [-0.25, -0.2) is 0 Å². The number of hydrogen-bond donors (Lipinski definition) is 3. The molecule has 2 aromatic rings. The normalized spacial score (nSPS) is 9.92. The van der Waals surface area contributed by atoms with Crippen LogP contribution in [-0.2, 0) is 4.79 Å². The summed E-state index contributed by atoms with van der Waals surface area (Å²) < 4.78 is 0. The topological polar surface area (TPSA) is 113 Å². The Hall–Kier alpha value is -3.33. The van der Waals surface area contributed by atoms with E-state index in [0.717, 1.165) is 0 Å². The Balaban J connectivity index is 2.03. The molecule has 0 radical (unpaired) electrons. The Bertz CT molecular complexity index is 881. The predicted molar refractivity (Wildman–Crippen MR) is 102 cm³/mol. The van der Waals surface area contributed by atoms with Crippen molar-refractivity contribution < 1.29 is 14.5 Å². The van der Waals surface area contributed by atoms with E-state index in [1.165, 1.54) is 25.1 Å². The molecule has 0 aliphatic carbocycles. The molecule has 0 saturated heterocycles. The van der Waals surface area contributed by atoms with Crippen molar-refractivity contribution in [1.82, 2.24) is 5.32 Å². The van der Waals surface area contributed by atoms with Crippen LogP contribution in [0.1, 0.15) is 22.8 Å². The van der Waals surface area contributed by atoms with Gasteiger partial charge in [0, 0.05) is 35.5 Å². The Kier molecular flexibility index (Phi) is 5.97. The van der Waals surface area contributed by atoms with Crippen LogP contribution in [0.4, 0.5) is 17.1 Å². The second kappa shape index (κ2) is 8.17. The first kappa shape index (κ1) is 19.0. The van der Waals surface area contributed by atoms with Gasteiger partial charge in [0.1, 0.15) is 0 Å². The molecule has 3 N–H and O–H groups in total. The summed E-state index contributed by atoms with van der Waals surface area (Å²) in [6.07, 6.45) is 0. The monoisotopic (exact) mass is 372 g/mol. The smallest absolute Gasteiger partial charge is 0.272 e. The molecule has 0 atom stereocenters. The molecular formula is C17H16N4O4S. The third-order valence-corrected chi connectivity index (χ3v) is 3.55. The molecule has 0 bridgehead atoms. The van der Waals surface area contributed by atoms with Crippen molar-refractivity contribution in [3.8, 4) is 0 Å². The zero-order valence-corrected chi connectivity index (χ0v) is 14.8. The molecule has 0 fully saturated rings. The molecule has 2 amide bonds. The average Bonchev–Trinajstić information content (AvgIpc) is 2.55. The molecule has 0 spiro atoms. The van der Waals surface area contributed by atoms with Crippen molar-refractivity contribution in [2.75, 3.05) is 10.6 Å². The fourth-order valence-electron chi connectivity index (χ4n) is 2.16. The summed E-state index contributed by atoms with van der Waals surface area (Å²) in [7, 11) is 0. The number of rotatable bonds is 4. The number of aryl methyl sites for hydroxylation is 1. The van der Waals surface area contributed by atoms with E-state index < -0.39 is 4.92 Å². The van der Waals surface area contributed by atoms with Crippen molar-refractivity contribution in [3.63, 3.8) is 0 Å². The zero-order chi connectivity index (χ0) is 19.3. The largest absolute Gasteiger partial charge is 0.332 e. The van der Waals surface area contributed by atoms with Crippen LogP contribution in [0.2, 0.25) is 0 Å². The number of thiocarbonyl (C=S) groups is 1. The summed E-state index contributed by atoms with van der Waals surface area (Å²) in [6, 6.07) is 10.9. The summed E-state index contributed by atoms with van der Waals surface area (Å²) in [5.74, 6) is -0.651. The molecule has 26 heavy (non-hydrogen) atoms. The van der Waals surface area contributed by atoms with Crippen molar-refractivity contribution in [3.05, 3.63) is 63.7 Å². The highest BCUT2D eigenvalue weighted by atomic mass is 32.1. The van der Waals surface area contributed by atoms with E-state index in [0.29, 0.717) is 22.5 Å². The maximum Gasteiger partial charge on any atom is 0.272 e. The Morgan fingerprint density at radius 3 is 2.12 bits per heavy atom. The van der Waals surface area contributed by atoms with E-state index in [2.05, 4.69) is 16.0 Å². The minimum Gasteiger partial charge on any atom is -0.332 e. The van der Waals surface area contributed by atoms with E-state index in [1.54, 1.807) is 31.2 Å². The van der Waals surface area contributed by atoms with Crippen LogP contribution in [0.25, 0.3) is 0 Å². The van der Waals surface area contributed by atoms with Gasteiger partial charge in [-0.15, -0.1) is 0 Å². The number of carbonyl (C=O) groups is 2. The number of nitrogens with one attached hydrogen (secondary N) is 3. The first-order valence-corrected chi connectivity index (χ1v) is 7.92. The number of anilines is 2. The minimum absolute atomic E-state index is 0.0351. The van der Waals surface area contributed by atoms with Crippen LogP contribution < -0.4 is 16.0 Å². The zero-order valence-electron chi connectivity index (χ0n) is 14.0. The molecular weight excluding hydrogens is 356 g/mol. The SMILES string of the molecule is CC(=O)NC(=S)Nc1ccc(NC(=O)c2ccc([N+](=O)[O-])c(C)c2)cc1. The Morgan fingerprint density at radius 1 is 1.04 bits per heavy atom. The number of carbonyl (C=O) groups excluding carboxylic acids is 2. The van der Waals surface area contributed by atoms with Crippen LogP contribution >= 0.6 is 12.2 Å². The van der Waals surface area contributed by atoms with Crippen LogP contribution in [0.3, 0.4) is 0 Å². The molecule has 0 aliphatic rings. The minimum atomic E-state index is -0.492. The molecule has 2 rings (SSSR count). The number of nitro benzene ring substituents is 1. The van der Waals surface area contributed by atoms with Gasteiger partial charge >= 0.3 is 0 Å². The third kappa shape index (κ3) is 5.08. The van der Waals surface area contributed by atoms with E-state index >= 15 is 0 Å². The molecule has 0 aromatic heterocycles. The second-order valence-corrected chi connectivity index (χ2v) is 5.83. The molecule has 0 heterocycles. The number of amides is 2. The molecule has 0 aliphatic heterocycles. The molecule has 0 saturated carbocycles. The van der Waals surface area contributed by atoms with Gasteiger partial charge in [-0.2, -0.15) is 0 Å². The van der Waals surface area contributed by atoms with E-state index in [9.17, 15) is 19.7 Å². The van der Waals surface area contributed by atoms with Gasteiger partial charge < -0.3 is 16.0 Å². The lowest BCUT2D eigenvalue weighted by Gasteiger charge is -2.10. The standard InChI is InChI=1S/C17H16N4O4S/c1-10-9-12(3-8-15(10)21(24)25)16(23)19-13-4-6-14(7-5-13)20-17(26)18-11(2)22/h3-9H,1-2H3,(H,19,23)(H2,18,20,22,26). The molecule has 2 aromatic carbocycles. The maximum atomic E-state index is 12.3. The fraction of sp³-hybridized carbons (Fsp3) is 0.118. The van der Waals surface area contributed by atoms with Gasteiger partial charge in [-0.3, -0.25) is 19.7 Å². The predicted octanol–water partition coefficient (Wildman–Crippen LogP) is 2.99. The first-order chi connectivity index (χ1) is 12.3. The van der Waals surface area contributed by atoms with Crippen molar-refractivity contribution in [2.45, 2.75) is 13.8 Å². The van der Waals surface area contributed by atoms with Crippen LogP contribution in [0.15, 0.2) is 42.5 Å². The number of nitrogens with zero attached hydrogens (tertiary/aromatic N) is 1. The van der Waals surface area contributed by atoms with E-state index in [4.69, 9.17) is 12.2 Å². The highest BCUT2D eigenvalue weighted by molar-refractivity contribution is 7.80. The maximum absolute atomic E-state index is 12.3. The second-order valence-electron chi connectivity index (χ2n) is 5.43. The van der Waals surface area contributed by atoms with E-state index in [-0.39, 0.29) is 22.6 Å². The van der Waals surface area contributed by atoms with Gasteiger partial charge in [-0.05, 0) is 55.5 Å². The highest BCUT2D eigenvalue weighted by Gasteiger charge is 2.14. The van der Waals surface area contributed by atoms with Crippen LogP contribution in [0, 0.1) is 17.0 Å². The van der Waals surface area contributed by atoms with Crippen molar-refractivity contribution >= 4 is 46.2 Å². The quantitative estimate of drug-likeness (QED) is 0.432. The van der Waals surface area contributed by atoms with Gasteiger partial charge in [0.15, 0.2) is 5.11 Å². The van der Waals surface area contributed by atoms with Gasteiger partial charge in [0.25, 0.3) is 11.6 Å². The van der Waals surface area contributed by atoms with Crippen molar-refractivity contribution in [2.24, 2.45) is 0 Å². The first-order valence-electron chi connectivity index (χ1n) is 7.51. The lowest BCUT2D eigenvalue weighted by molar-refractivity contribution is -0.385. The summed E-state index contributed by atoms with van der Waals surface area (Å²) in [4.78, 5) is 33.5. The van der Waals surface area contributed by atoms with Gasteiger partial charge in [0.2, 0.25) is 5.91 Å². The molecule has 9 heteroatoms. The highest BCUT2D eigenvalue weighted by Crippen LogP contribution is 2.20. The summed E-state index contributed by atoms with van der Waals surface area (Å²) in [5, 5.41) is 19.0. The van der Waals surface area contributed by atoms with E-state index in [1.807, 2.05) is 0 Å². The molecule has 0 unspecified atom stereocenters. The number of nitro groups is 1. The third-order valence-electron chi connectivity index (χ3n) is 3.35. The molecule has 134 valence electrons.